The quantitative estimate of drug-likeness (QED) is 0.544. The Balaban J connectivity index is 1.74. The number of alkyl halides is 6. The number of hydrazone groups is 1. The molecular formula is C23H20F6N2O3S. The molecule has 0 aromatic heterocycles. The second kappa shape index (κ2) is 8.65. The maximum Gasteiger partial charge on any atom is 0.416 e. The minimum Gasteiger partial charge on any atom is -0.273 e. The van der Waals surface area contributed by atoms with Gasteiger partial charge in [-0.3, -0.25) is 4.79 Å². The summed E-state index contributed by atoms with van der Waals surface area (Å²) >= 11 is 0. The highest BCUT2D eigenvalue weighted by Gasteiger charge is 2.49. The molecule has 3 atom stereocenters. The van der Waals surface area contributed by atoms with Crippen LogP contribution in [0.4, 0.5) is 26.3 Å². The molecule has 188 valence electrons. The SMILES string of the molecule is CC(=O)N1N=C2C(Cc3cccc(C(F)(F)F)c3)CS(=O)(=O)CC2C1c1cccc(C(F)(F)F)c1. The first-order chi connectivity index (χ1) is 16.2. The highest BCUT2D eigenvalue weighted by Crippen LogP contribution is 2.43. The van der Waals surface area contributed by atoms with Crippen molar-refractivity contribution in [3.63, 3.8) is 0 Å². The van der Waals surface area contributed by atoms with Gasteiger partial charge in [0.15, 0.2) is 9.84 Å². The van der Waals surface area contributed by atoms with E-state index in [4.69, 9.17) is 0 Å². The van der Waals surface area contributed by atoms with Crippen molar-refractivity contribution in [2.24, 2.45) is 16.9 Å². The molecule has 0 bridgehead atoms. The molecule has 12 heteroatoms. The Kier molecular flexibility index (Phi) is 6.23. The highest BCUT2D eigenvalue weighted by atomic mass is 32.2. The summed E-state index contributed by atoms with van der Waals surface area (Å²) in [4.78, 5) is 12.4. The van der Waals surface area contributed by atoms with Gasteiger partial charge in [0.25, 0.3) is 0 Å². The van der Waals surface area contributed by atoms with E-state index in [9.17, 15) is 39.6 Å². The molecule has 2 aromatic carbocycles. The van der Waals surface area contributed by atoms with Crippen molar-refractivity contribution >= 4 is 21.5 Å². The zero-order chi connectivity index (χ0) is 25.8. The van der Waals surface area contributed by atoms with E-state index in [1.165, 1.54) is 24.3 Å². The number of hydrogen-bond acceptors (Lipinski definition) is 4. The predicted octanol–water partition coefficient (Wildman–Crippen LogP) is 4.89. The molecule has 3 unspecified atom stereocenters. The van der Waals surface area contributed by atoms with Crippen molar-refractivity contribution in [3.05, 3.63) is 70.8 Å². The number of halogens is 6. The predicted molar refractivity (Wildman–Crippen MR) is 115 cm³/mol. The first kappa shape index (κ1) is 25.2. The van der Waals surface area contributed by atoms with Crippen molar-refractivity contribution in [2.45, 2.75) is 31.7 Å². The number of carbonyl (C=O) groups excluding carboxylic acids is 1. The Bertz CT molecular complexity index is 1290. The van der Waals surface area contributed by atoms with Crippen molar-refractivity contribution in [3.8, 4) is 0 Å². The van der Waals surface area contributed by atoms with Crippen LogP contribution in [-0.2, 0) is 33.4 Å². The Morgan fingerprint density at radius 3 is 2.17 bits per heavy atom. The minimum absolute atomic E-state index is 0.0775. The average molecular weight is 518 g/mol. The van der Waals surface area contributed by atoms with Crippen molar-refractivity contribution in [2.75, 3.05) is 11.5 Å². The number of hydrogen-bond donors (Lipinski definition) is 0. The standard InChI is InChI=1S/C23H20F6N2O3S/c1-13(32)31-21(15-5-3-7-18(10-15)23(27,28)29)19-12-35(33,34)11-16(20(19)30-31)8-14-4-2-6-17(9-14)22(24,25)26/h2-7,9-10,16,19,21H,8,11-12H2,1H3. The zero-order valence-corrected chi connectivity index (χ0v) is 19.1. The van der Waals surface area contributed by atoms with Crippen LogP contribution in [-0.4, -0.2) is 36.6 Å². The lowest BCUT2D eigenvalue weighted by Crippen LogP contribution is -2.42. The fourth-order valence-corrected chi connectivity index (χ4v) is 6.69. The monoisotopic (exact) mass is 518 g/mol. The van der Waals surface area contributed by atoms with Gasteiger partial charge in [0.1, 0.15) is 0 Å². The highest BCUT2D eigenvalue weighted by molar-refractivity contribution is 7.91. The van der Waals surface area contributed by atoms with Crippen molar-refractivity contribution < 1.29 is 39.6 Å². The summed E-state index contributed by atoms with van der Waals surface area (Å²) in [6.45, 7) is 1.16. The molecule has 0 aliphatic carbocycles. The molecule has 0 radical (unpaired) electrons. The van der Waals surface area contributed by atoms with Gasteiger partial charge in [0.05, 0.1) is 28.7 Å². The summed E-state index contributed by atoms with van der Waals surface area (Å²) in [6.07, 6.45) is -9.31. The molecule has 1 fully saturated rings. The van der Waals surface area contributed by atoms with Crippen LogP contribution in [0.5, 0.6) is 0 Å². The van der Waals surface area contributed by atoms with Crippen LogP contribution in [0, 0.1) is 11.8 Å². The van der Waals surface area contributed by atoms with E-state index >= 15 is 0 Å². The molecule has 2 aliphatic rings. The Labute approximate surface area is 197 Å². The Morgan fingerprint density at radius 2 is 1.57 bits per heavy atom. The summed E-state index contributed by atoms with van der Waals surface area (Å²) in [5, 5.41) is 5.29. The second-order valence-corrected chi connectivity index (χ2v) is 10.9. The van der Waals surface area contributed by atoms with Gasteiger partial charge < -0.3 is 0 Å². The largest absolute Gasteiger partial charge is 0.416 e. The second-order valence-electron chi connectivity index (χ2n) is 8.74. The molecule has 5 nitrogen and oxygen atoms in total. The number of benzene rings is 2. The molecule has 0 spiro atoms. The van der Waals surface area contributed by atoms with Crippen molar-refractivity contribution in [1.29, 1.82) is 0 Å². The summed E-state index contributed by atoms with van der Waals surface area (Å²) in [5.41, 5.74) is -1.24. The maximum atomic E-state index is 13.3. The maximum absolute atomic E-state index is 13.3. The molecular weight excluding hydrogens is 498 g/mol. The van der Waals surface area contributed by atoms with E-state index in [0.29, 0.717) is 0 Å². The molecule has 2 aromatic rings. The summed E-state index contributed by atoms with van der Waals surface area (Å²) < 4.78 is 105. The Morgan fingerprint density at radius 1 is 0.971 bits per heavy atom. The van der Waals surface area contributed by atoms with Crippen LogP contribution >= 0.6 is 0 Å². The fourth-order valence-electron chi connectivity index (χ4n) is 4.75. The van der Waals surface area contributed by atoms with Crippen molar-refractivity contribution in [1.82, 2.24) is 5.01 Å². The number of carbonyl (C=O) groups is 1. The van der Waals surface area contributed by atoms with Crippen LogP contribution in [0.3, 0.4) is 0 Å². The van der Waals surface area contributed by atoms with Gasteiger partial charge in [-0.25, -0.2) is 13.4 Å². The molecule has 4 rings (SSSR count). The van der Waals surface area contributed by atoms with Crippen LogP contribution in [0.15, 0.2) is 53.6 Å². The number of fused-ring (bicyclic) bond motifs is 1. The van der Waals surface area contributed by atoms with Gasteiger partial charge in [-0.05, 0) is 35.7 Å². The van der Waals surface area contributed by atoms with E-state index in [2.05, 4.69) is 5.10 Å². The number of nitrogens with zero attached hydrogens (tertiary/aromatic N) is 2. The summed E-state index contributed by atoms with van der Waals surface area (Å²) in [5.74, 6) is -3.17. The zero-order valence-electron chi connectivity index (χ0n) is 18.3. The third-order valence-corrected chi connectivity index (χ3v) is 7.95. The van der Waals surface area contributed by atoms with E-state index in [1.807, 2.05) is 0 Å². The molecule has 2 heterocycles. The van der Waals surface area contributed by atoms with Crippen LogP contribution in [0.1, 0.15) is 35.2 Å². The molecule has 1 amide bonds. The van der Waals surface area contributed by atoms with Crippen LogP contribution in [0.25, 0.3) is 0 Å². The lowest BCUT2D eigenvalue weighted by Gasteiger charge is -2.32. The number of amides is 1. The van der Waals surface area contributed by atoms with E-state index in [1.54, 1.807) is 0 Å². The third-order valence-electron chi connectivity index (χ3n) is 6.17. The normalized spacial score (nSPS) is 24.1. The van der Waals surface area contributed by atoms with Gasteiger partial charge in [-0.2, -0.15) is 31.4 Å². The van der Waals surface area contributed by atoms with Crippen LogP contribution < -0.4 is 0 Å². The summed E-state index contributed by atoms with van der Waals surface area (Å²) in [7, 11) is -3.74. The average Bonchev–Trinajstić information content (AvgIpc) is 3.11. The van der Waals surface area contributed by atoms with Gasteiger partial charge >= 0.3 is 12.4 Å². The van der Waals surface area contributed by atoms with Gasteiger partial charge in [-0.1, -0.05) is 30.3 Å². The van der Waals surface area contributed by atoms with Gasteiger partial charge in [0, 0.05) is 24.5 Å². The van der Waals surface area contributed by atoms with E-state index < -0.39 is 62.9 Å². The lowest BCUT2D eigenvalue weighted by atomic mass is 9.83. The first-order valence-electron chi connectivity index (χ1n) is 10.6. The molecule has 35 heavy (non-hydrogen) atoms. The molecule has 1 saturated heterocycles. The smallest absolute Gasteiger partial charge is 0.273 e. The number of rotatable bonds is 3. The first-order valence-corrected chi connectivity index (χ1v) is 12.4. The summed E-state index contributed by atoms with van der Waals surface area (Å²) in [6, 6.07) is 7.68. The molecule has 0 N–H and O–H groups in total. The van der Waals surface area contributed by atoms with E-state index in [0.717, 1.165) is 36.2 Å². The van der Waals surface area contributed by atoms with Gasteiger partial charge in [0.2, 0.25) is 5.91 Å². The topological polar surface area (TPSA) is 66.8 Å². The molecule has 2 aliphatic heterocycles. The third kappa shape index (κ3) is 5.21. The van der Waals surface area contributed by atoms with Crippen LogP contribution in [0.2, 0.25) is 0 Å². The fraction of sp³-hybridized carbons (Fsp3) is 0.391. The Hall–Kier alpha value is -2.89. The van der Waals surface area contributed by atoms with E-state index in [-0.39, 0.29) is 29.0 Å². The number of sulfone groups is 1. The minimum atomic E-state index is -4.65. The van der Waals surface area contributed by atoms with Gasteiger partial charge in [-0.15, -0.1) is 0 Å². The lowest BCUT2D eigenvalue weighted by molar-refractivity contribution is -0.138. The molecule has 0 saturated carbocycles.